The maximum atomic E-state index is 13.2. The number of carbonyl (C=O) groups is 2. The van der Waals surface area contributed by atoms with Crippen LogP contribution in [0, 0.1) is 17.5 Å². The number of hydrogen-bond donors (Lipinski definition) is 0. The van der Waals surface area contributed by atoms with Crippen LogP contribution >= 0.6 is 0 Å². The predicted molar refractivity (Wildman–Crippen MR) is 110 cm³/mol. The second-order valence-electron chi connectivity index (χ2n) is 6.99. The molecule has 31 heavy (non-hydrogen) atoms. The van der Waals surface area contributed by atoms with E-state index < -0.39 is 35.1 Å². The lowest BCUT2D eigenvalue weighted by molar-refractivity contribution is -0.129. The molecule has 0 aliphatic carbocycles. The molecule has 166 valence electrons. The number of ether oxygens (including phenoxy) is 2. The van der Waals surface area contributed by atoms with E-state index >= 15 is 0 Å². The first-order valence-corrected chi connectivity index (χ1v) is 10.3. The molecule has 0 aliphatic rings. The number of unbranched alkanes of at least 4 members (excludes halogenated alkanes) is 6. The first-order chi connectivity index (χ1) is 14.9. The van der Waals surface area contributed by atoms with Gasteiger partial charge in [-0.3, -0.25) is 0 Å². The number of allylic oxidation sites excluding steroid dienone is 1. The van der Waals surface area contributed by atoms with Gasteiger partial charge in [0.1, 0.15) is 11.5 Å². The average Bonchev–Trinajstić information content (AvgIpc) is 2.74. The summed E-state index contributed by atoms with van der Waals surface area (Å²) in [7, 11) is 0. The molecule has 0 saturated heterocycles. The van der Waals surface area contributed by atoms with Crippen molar-refractivity contribution in [2.45, 2.75) is 51.9 Å². The minimum Gasteiger partial charge on any atom is -0.423 e. The second kappa shape index (κ2) is 12.6. The Balaban J connectivity index is 1.80. The Bertz CT molecular complexity index is 885. The molecule has 0 fully saturated rings. The summed E-state index contributed by atoms with van der Waals surface area (Å²) in [5.74, 6) is -6.24. The molecule has 4 nitrogen and oxygen atoms in total. The van der Waals surface area contributed by atoms with Gasteiger partial charge in [-0.25, -0.2) is 22.8 Å². The highest BCUT2D eigenvalue weighted by atomic mass is 19.2. The first-order valence-electron chi connectivity index (χ1n) is 10.3. The number of rotatable bonds is 11. The van der Waals surface area contributed by atoms with Crippen LogP contribution in [0.5, 0.6) is 11.5 Å². The Hall–Kier alpha value is -3.09. The molecule has 2 aromatic carbocycles. The van der Waals surface area contributed by atoms with Crippen molar-refractivity contribution in [3.63, 3.8) is 0 Å². The van der Waals surface area contributed by atoms with Gasteiger partial charge in [0.05, 0.1) is 5.56 Å². The lowest BCUT2D eigenvalue weighted by Gasteiger charge is -2.06. The minimum absolute atomic E-state index is 0.0588. The summed E-state index contributed by atoms with van der Waals surface area (Å²) in [6.45, 7) is 2.17. The SMILES string of the molecule is CCCCCCCC/C=C/C(=O)Oc1ccc(C(=O)Oc2cc(F)c(F)c(F)c2)cc1. The zero-order valence-electron chi connectivity index (χ0n) is 17.3. The van der Waals surface area contributed by atoms with Gasteiger partial charge in [-0.2, -0.15) is 0 Å². The highest BCUT2D eigenvalue weighted by molar-refractivity contribution is 5.91. The topological polar surface area (TPSA) is 52.6 Å². The molecule has 0 bridgehead atoms. The third-order valence-corrected chi connectivity index (χ3v) is 4.45. The molecule has 0 unspecified atom stereocenters. The molecule has 0 aromatic heterocycles. The molecule has 0 saturated carbocycles. The molecule has 0 heterocycles. The quantitative estimate of drug-likeness (QED) is 0.133. The number of benzene rings is 2. The van der Waals surface area contributed by atoms with Gasteiger partial charge in [0.25, 0.3) is 0 Å². The van der Waals surface area contributed by atoms with Crippen LogP contribution in [0.15, 0.2) is 48.6 Å². The summed E-state index contributed by atoms with van der Waals surface area (Å²) in [6, 6.07) is 6.60. The second-order valence-corrected chi connectivity index (χ2v) is 6.99. The predicted octanol–water partition coefficient (Wildman–Crippen LogP) is 6.54. The Morgan fingerprint density at radius 1 is 0.839 bits per heavy atom. The van der Waals surface area contributed by atoms with Crippen LogP contribution in [0.1, 0.15) is 62.2 Å². The fourth-order valence-electron chi connectivity index (χ4n) is 2.79. The lowest BCUT2D eigenvalue weighted by Crippen LogP contribution is -2.10. The van der Waals surface area contributed by atoms with E-state index in [4.69, 9.17) is 9.47 Å². The van der Waals surface area contributed by atoms with Crippen LogP contribution in [-0.4, -0.2) is 11.9 Å². The van der Waals surface area contributed by atoms with E-state index in [9.17, 15) is 22.8 Å². The molecule has 2 aromatic rings. The van der Waals surface area contributed by atoms with Crippen LogP contribution in [0.4, 0.5) is 13.2 Å². The number of esters is 2. The molecule has 0 amide bonds. The highest BCUT2D eigenvalue weighted by Gasteiger charge is 2.15. The molecular weight excluding hydrogens is 409 g/mol. The maximum absolute atomic E-state index is 13.2. The monoisotopic (exact) mass is 434 g/mol. The fraction of sp³-hybridized carbons (Fsp3) is 0.333. The van der Waals surface area contributed by atoms with Crippen LogP contribution in [-0.2, 0) is 4.79 Å². The van der Waals surface area contributed by atoms with E-state index in [1.54, 1.807) is 6.08 Å². The fourth-order valence-corrected chi connectivity index (χ4v) is 2.79. The van der Waals surface area contributed by atoms with Crippen molar-refractivity contribution in [2.24, 2.45) is 0 Å². The molecule has 0 atom stereocenters. The van der Waals surface area contributed by atoms with Gasteiger partial charge >= 0.3 is 11.9 Å². The van der Waals surface area contributed by atoms with Gasteiger partial charge in [-0.15, -0.1) is 0 Å². The summed E-state index contributed by atoms with van der Waals surface area (Å²) in [6.07, 6.45) is 11.0. The summed E-state index contributed by atoms with van der Waals surface area (Å²) in [5.41, 5.74) is 0.0588. The summed E-state index contributed by atoms with van der Waals surface area (Å²) >= 11 is 0. The third-order valence-electron chi connectivity index (χ3n) is 4.45. The molecule has 0 spiro atoms. The van der Waals surface area contributed by atoms with Crippen molar-refractivity contribution in [3.05, 3.63) is 71.6 Å². The van der Waals surface area contributed by atoms with E-state index in [1.165, 1.54) is 56.0 Å². The van der Waals surface area contributed by atoms with E-state index in [0.717, 1.165) is 19.3 Å². The number of halogens is 3. The van der Waals surface area contributed by atoms with Crippen LogP contribution in [0.25, 0.3) is 0 Å². The van der Waals surface area contributed by atoms with E-state index in [0.29, 0.717) is 12.1 Å². The first kappa shape index (κ1) is 24.2. The lowest BCUT2D eigenvalue weighted by atomic mass is 10.1. The Labute approximate surface area is 179 Å². The van der Waals surface area contributed by atoms with Crippen molar-refractivity contribution in [1.82, 2.24) is 0 Å². The molecule has 0 aliphatic heterocycles. The van der Waals surface area contributed by atoms with Crippen LogP contribution in [0.3, 0.4) is 0 Å². The Morgan fingerprint density at radius 2 is 1.45 bits per heavy atom. The van der Waals surface area contributed by atoms with Crippen molar-refractivity contribution in [1.29, 1.82) is 0 Å². The molecule has 0 radical (unpaired) electrons. The van der Waals surface area contributed by atoms with E-state index in [1.807, 2.05) is 0 Å². The average molecular weight is 434 g/mol. The van der Waals surface area contributed by atoms with Crippen LogP contribution in [0.2, 0.25) is 0 Å². The van der Waals surface area contributed by atoms with Gasteiger partial charge < -0.3 is 9.47 Å². The van der Waals surface area contributed by atoms with Gasteiger partial charge in [0, 0.05) is 18.2 Å². The van der Waals surface area contributed by atoms with Crippen molar-refractivity contribution < 1.29 is 32.2 Å². The minimum atomic E-state index is -1.65. The Kier molecular flexibility index (Phi) is 9.81. The molecular formula is C24H25F3O4. The standard InChI is InChI=1S/C24H25F3O4/c1-2-3-4-5-6-7-8-9-10-22(28)30-18-13-11-17(12-14-18)24(29)31-19-15-20(25)23(27)21(26)16-19/h9-16H,2-8H2,1H3/b10-9+. The number of carbonyl (C=O) groups excluding carboxylic acids is 2. The van der Waals surface area contributed by atoms with Crippen molar-refractivity contribution >= 4 is 11.9 Å². The van der Waals surface area contributed by atoms with Gasteiger partial charge in [-0.05, 0) is 37.1 Å². The van der Waals surface area contributed by atoms with E-state index in [-0.39, 0.29) is 11.3 Å². The smallest absolute Gasteiger partial charge is 0.343 e. The summed E-state index contributed by atoms with van der Waals surface area (Å²) in [5, 5.41) is 0. The normalized spacial score (nSPS) is 11.0. The van der Waals surface area contributed by atoms with Gasteiger partial charge in [0.2, 0.25) is 0 Å². The molecule has 2 rings (SSSR count). The largest absolute Gasteiger partial charge is 0.423 e. The molecule has 0 N–H and O–H groups in total. The van der Waals surface area contributed by atoms with Crippen molar-refractivity contribution in [3.8, 4) is 11.5 Å². The zero-order valence-corrected chi connectivity index (χ0v) is 17.3. The Morgan fingerprint density at radius 3 is 2.10 bits per heavy atom. The summed E-state index contributed by atoms with van der Waals surface area (Å²) < 4.78 is 49.4. The molecule has 7 heteroatoms. The summed E-state index contributed by atoms with van der Waals surface area (Å²) in [4.78, 5) is 23.9. The van der Waals surface area contributed by atoms with Crippen molar-refractivity contribution in [2.75, 3.05) is 0 Å². The van der Waals surface area contributed by atoms with Gasteiger partial charge in [-0.1, -0.05) is 45.1 Å². The maximum Gasteiger partial charge on any atom is 0.343 e. The third kappa shape index (κ3) is 8.28. The zero-order chi connectivity index (χ0) is 22.6. The highest BCUT2D eigenvalue weighted by Crippen LogP contribution is 2.21. The number of hydrogen-bond acceptors (Lipinski definition) is 4. The van der Waals surface area contributed by atoms with Crippen LogP contribution < -0.4 is 9.47 Å². The van der Waals surface area contributed by atoms with Gasteiger partial charge in [0.15, 0.2) is 17.5 Å². The van der Waals surface area contributed by atoms with E-state index in [2.05, 4.69) is 6.92 Å².